The smallest absolute Gasteiger partial charge is 0.345 e. The Hall–Kier alpha value is -3.41. The molecular formula is C20H18N2O4. The molecule has 1 aromatic heterocycles. The first-order valence-corrected chi connectivity index (χ1v) is 8.20. The summed E-state index contributed by atoms with van der Waals surface area (Å²) in [7, 11) is 0. The van der Waals surface area contributed by atoms with Crippen molar-refractivity contribution in [2.75, 3.05) is 11.9 Å². The second-order valence-corrected chi connectivity index (χ2v) is 5.59. The first kappa shape index (κ1) is 17.4. The van der Waals surface area contributed by atoms with Crippen LogP contribution < -0.4 is 5.32 Å². The van der Waals surface area contributed by atoms with E-state index in [2.05, 4.69) is 10.5 Å². The van der Waals surface area contributed by atoms with Crippen molar-refractivity contribution in [1.29, 1.82) is 0 Å². The zero-order chi connectivity index (χ0) is 18.5. The lowest BCUT2D eigenvalue weighted by atomic mass is 10.0. The van der Waals surface area contributed by atoms with Gasteiger partial charge in [-0.15, -0.1) is 0 Å². The van der Waals surface area contributed by atoms with E-state index in [9.17, 15) is 9.59 Å². The fourth-order valence-corrected chi connectivity index (χ4v) is 2.52. The minimum absolute atomic E-state index is 0.0157. The number of benzene rings is 2. The molecule has 0 radical (unpaired) electrons. The lowest BCUT2D eigenvalue weighted by Crippen LogP contribution is -2.15. The van der Waals surface area contributed by atoms with E-state index in [0.29, 0.717) is 11.3 Å². The monoisotopic (exact) mass is 350 g/mol. The molecule has 0 aliphatic heterocycles. The zero-order valence-electron chi connectivity index (χ0n) is 14.5. The van der Waals surface area contributed by atoms with E-state index in [1.54, 1.807) is 26.0 Å². The lowest BCUT2D eigenvalue weighted by molar-refractivity contribution is 0.0526. The summed E-state index contributed by atoms with van der Waals surface area (Å²) in [6, 6.07) is 17.0. The number of anilines is 1. The maximum absolute atomic E-state index is 12.5. The second-order valence-electron chi connectivity index (χ2n) is 5.59. The highest BCUT2D eigenvalue weighted by Crippen LogP contribution is 2.23. The molecule has 6 heteroatoms. The van der Waals surface area contributed by atoms with Crippen LogP contribution in [0, 0.1) is 6.92 Å². The van der Waals surface area contributed by atoms with Gasteiger partial charge in [-0.2, -0.15) is 0 Å². The number of rotatable bonds is 5. The van der Waals surface area contributed by atoms with Crippen molar-refractivity contribution in [3.05, 3.63) is 71.4 Å². The number of ether oxygens (including phenoxy) is 1. The van der Waals surface area contributed by atoms with Crippen LogP contribution in [0.25, 0.3) is 11.1 Å². The predicted molar refractivity (Wildman–Crippen MR) is 97.0 cm³/mol. The Kier molecular flexibility index (Phi) is 5.12. The average Bonchev–Trinajstić information content (AvgIpc) is 3.03. The summed E-state index contributed by atoms with van der Waals surface area (Å²) in [5.41, 5.74) is 2.99. The molecule has 0 bridgehead atoms. The van der Waals surface area contributed by atoms with Crippen LogP contribution in [-0.4, -0.2) is 23.6 Å². The molecule has 0 aliphatic carbocycles. The zero-order valence-corrected chi connectivity index (χ0v) is 14.5. The molecule has 0 unspecified atom stereocenters. The van der Waals surface area contributed by atoms with Gasteiger partial charge in [0.2, 0.25) is 5.88 Å². The highest BCUT2D eigenvalue weighted by molar-refractivity contribution is 6.07. The molecule has 1 heterocycles. The third-order valence-electron chi connectivity index (χ3n) is 3.82. The summed E-state index contributed by atoms with van der Waals surface area (Å²) in [5, 5.41) is 6.31. The number of carbonyl (C=O) groups is 2. The van der Waals surface area contributed by atoms with Crippen LogP contribution in [0.5, 0.6) is 0 Å². The van der Waals surface area contributed by atoms with Crippen molar-refractivity contribution >= 4 is 17.8 Å². The number of nitrogens with zero attached hydrogens (tertiary/aromatic N) is 1. The Morgan fingerprint density at radius 1 is 1.04 bits per heavy atom. The van der Waals surface area contributed by atoms with Crippen LogP contribution in [0.1, 0.15) is 33.3 Å². The van der Waals surface area contributed by atoms with Crippen LogP contribution in [0.15, 0.2) is 59.1 Å². The minimum Gasteiger partial charge on any atom is -0.462 e. The van der Waals surface area contributed by atoms with Crippen molar-refractivity contribution in [3.63, 3.8) is 0 Å². The topological polar surface area (TPSA) is 81.4 Å². The van der Waals surface area contributed by atoms with Gasteiger partial charge in [-0.25, -0.2) is 4.79 Å². The van der Waals surface area contributed by atoms with Crippen molar-refractivity contribution < 1.29 is 18.8 Å². The van der Waals surface area contributed by atoms with E-state index in [0.717, 1.165) is 11.1 Å². The van der Waals surface area contributed by atoms with E-state index in [1.807, 2.05) is 42.5 Å². The Labute approximate surface area is 150 Å². The molecule has 0 atom stereocenters. The number of aryl methyl sites for hydroxylation is 1. The Balaban J connectivity index is 1.78. The first-order chi connectivity index (χ1) is 12.6. The van der Waals surface area contributed by atoms with Gasteiger partial charge >= 0.3 is 5.97 Å². The number of amides is 1. The minimum atomic E-state index is -0.582. The fraction of sp³-hybridized carbons (Fsp3) is 0.150. The van der Waals surface area contributed by atoms with E-state index in [-0.39, 0.29) is 18.1 Å². The highest BCUT2D eigenvalue weighted by atomic mass is 16.5. The van der Waals surface area contributed by atoms with Crippen molar-refractivity contribution in [3.8, 4) is 11.1 Å². The molecule has 3 aromatic rings. The molecular weight excluding hydrogens is 332 g/mol. The molecule has 6 nitrogen and oxygen atoms in total. The van der Waals surface area contributed by atoms with Crippen LogP contribution in [0.2, 0.25) is 0 Å². The van der Waals surface area contributed by atoms with Gasteiger partial charge in [0.05, 0.1) is 12.3 Å². The van der Waals surface area contributed by atoms with Crippen molar-refractivity contribution in [2.45, 2.75) is 13.8 Å². The predicted octanol–water partition coefficient (Wildman–Crippen LogP) is 4.08. The Morgan fingerprint density at radius 2 is 1.69 bits per heavy atom. The standard InChI is InChI=1S/C20H18N2O4/c1-3-25-20(24)17-13(2)22-26-19(17)21-18(23)16-11-9-15(10-12-16)14-7-5-4-6-8-14/h4-12H,3H2,1-2H3,(H,21,23). The van der Waals surface area contributed by atoms with Crippen LogP contribution >= 0.6 is 0 Å². The molecule has 0 fully saturated rings. The normalized spacial score (nSPS) is 10.4. The number of nitrogens with one attached hydrogen (secondary N) is 1. The van der Waals surface area contributed by atoms with E-state index in [4.69, 9.17) is 9.26 Å². The fourth-order valence-electron chi connectivity index (χ4n) is 2.52. The molecule has 2 aromatic carbocycles. The lowest BCUT2D eigenvalue weighted by Gasteiger charge is -2.06. The number of hydrogen-bond donors (Lipinski definition) is 1. The number of hydrogen-bond acceptors (Lipinski definition) is 5. The van der Waals surface area contributed by atoms with E-state index < -0.39 is 11.9 Å². The van der Waals surface area contributed by atoms with Gasteiger partial charge in [0, 0.05) is 5.56 Å². The maximum Gasteiger partial charge on any atom is 0.345 e. The van der Waals surface area contributed by atoms with Gasteiger partial charge in [0.1, 0.15) is 5.56 Å². The Morgan fingerprint density at radius 3 is 2.35 bits per heavy atom. The number of esters is 1. The van der Waals surface area contributed by atoms with E-state index in [1.165, 1.54) is 0 Å². The second kappa shape index (κ2) is 7.65. The van der Waals surface area contributed by atoms with Gasteiger partial charge in [0.15, 0.2) is 0 Å². The van der Waals surface area contributed by atoms with Gasteiger partial charge in [0.25, 0.3) is 5.91 Å². The third-order valence-corrected chi connectivity index (χ3v) is 3.82. The summed E-state index contributed by atoms with van der Waals surface area (Å²) in [6.07, 6.45) is 0. The van der Waals surface area contributed by atoms with Crippen LogP contribution in [0.4, 0.5) is 5.88 Å². The third kappa shape index (κ3) is 3.64. The molecule has 3 rings (SSSR count). The summed E-state index contributed by atoms with van der Waals surface area (Å²) in [4.78, 5) is 24.4. The molecule has 0 saturated carbocycles. The van der Waals surface area contributed by atoms with Crippen molar-refractivity contribution in [1.82, 2.24) is 5.16 Å². The van der Waals surface area contributed by atoms with Gasteiger partial charge in [-0.1, -0.05) is 47.6 Å². The van der Waals surface area contributed by atoms with Gasteiger partial charge < -0.3 is 9.26 Å². The highest BCUT2D eigenvalue weighted by Gasteiger charge is 2.23. The molecule has 0 saturated heterocycles. The van der Waals surface area contributed by atoms with Gasteiger partial charge in [-0.05, 0) is 37.1 Å². The van der Waals surface area contributed by atoms with E-state index >= 15 is 0 Å². The Bertz CT molecular complexity index is 915. The molecule has 0 spiro atoms. The number of aromatic nitrogens is 1. The quantitative estimate of drug-likeness (QED) is 0.701. The molecule has 132 valence electrons. The average molecular weight is 350 g/mol. The summed E-state index contributed by atoms with van der Waals surface area (Å²) in [6.45, 7) is 3.53. The largest absolute Gasteiger partial charge is 0.462 e. The summed E-state index contributed by atoms with van der Waals surface area (Å²) >= 11 is 0. The van der Waals surface area contributed by atoms with Gasteiger partial charge in [-0.3, -0.25) is 10.1 Å². The SMILES string of the molecule is CCOC(=O)c1c(C)noc1NC(=O)c1ccc(-c2ccccc2)cc1. The van der Waals surface area contributed by atoms with Crippen molar-refractivity contribution in [2.24, 2.45) is 0 Å². The van der Waals surface area contributed by atoms with Crippen LogP contribution in [-0.2, 0) is 4.74 Å². The molecule has 1 amide bonds. The summed E-state index contributed by atoms with van der Waals surface area (Å²) in [5.74, 6) is -0.995. The molecule has 26 heavy (non-hydrogen) atoms. The van der Waals surface area contributed by atoms with Crippen LogP contribution in [0.3, 0.4) is 0 Å². The molecule has 1 N–H and O–H groups in total. The maximum atomic E-state index is 12.5. The number of carbonyl (C=O) groups excluding carboxylic acids is 2. The summed E-state index contributed by atoms with van der Waals surface area (Å²) < 4.78 is 10.0. The molecule has 0 aliphatic rings. The first-order valence-electron chi connectivity index (χ1n) is 8.20.